The highest BCUT2D eigenvalue weighted by Gasteiger charge is 2.36. The van der Waals surface area contributed by atoms with E-state index in [4.69, 9.17) is 0 Å². The lowest BCUT2D eigenvalue weighted by atomic mass is 9.98. The highest BCUT2D eigenvalue weighted by atomic mass is 32.2. The van der Waals surface area contributed by atoms with Crippen molar-refractivity contribution in [2.45, 2.75) is 24.2 Å². The van der Waals surface area contributed by atoms with Crippen molar-refractivity contribution in [2.24, 2.45) is 0 Å². The SMILES string of the molecule is CCSc1ccc([C@H]2CC(=O)N(C)C2=O)cc1. The second-order valence-electron chi connectivity index (χ2n) is 4.05. The Morgan fingerprint density at radius 1 is 1.29 bits per heavy atom. The second-order valence-corrected chi connectivity index (χ2v) is 5.39. The number of thioether (sulfide) groups is 1. The fourth-order valence-electron chi connectivity index (χ4n) is 1.98. The summed E-state index contributed by atoms with van der Waals surface area (Å²) in [6.45, 7) is 2.10. The molecule has 0 saturated carbocycles. The minimum atomic E-state index is -0.284. The third-order valence-corrected chi connectivity index (χ3v) is 3.87. The number of carbonyl (C=O) groups is 2. The molecule has 0 bridgehead atoms. The Labute approximate surface area is 105 Å². The first-order chi connectivity index (χ1) is 8.13. The van der Waals surface area contributed by atoms with E-state index in [1.807, 2.05) is 24.3 Å². The number of imide groups is 1. The van der Waals surface area contributed by atoms with E-state index in [1.54, 1.807) is 18.8 Å². The van der Waals surface area contributed by atoms with Gasteiger partial charge in [0, 0.05) is 18.4 Å². The van der Waals surface area contributed by atoms with Crippen LogP contribution >= 0.6 is 11.8 Å². The lowest BCUT2D eigenvalue weighted by Crippen LogP contribution is -2.25. The number of nitrogens with zero attached hydrogens (tertiary/aromatic N) is 1. The Bertz CT molecular complexity index is 441. The van der Waals surface area contributed by atoms with Crippen LogP contribution in [0.3, 0.4) is 0 Å². The quantitative estimate of drug-likeness (QED) is 0.609. The lowest BCUT2D eigenvalue weighted by molar-refractivity contribution is -0.137. The molecule has 3 nitrogen and oxygen atoms in total. The number of hydrogen-bond donors (Lipinski definition) is 0. The van der Waals surface area contributed by atoms with Gasteiger partial charge in [-0.2, -0.15) is 0 Å². The largest absolute Gasteiger partial charge is 0.285 e. The number of rotatable bonds is 3. The van der Waals surface area contributed by atoms with Crippen molar-refractivity contribution in [3.05, 3.63) is 29.8 Å². The van der Waals surface area contributed by atoms with Crippen LogP contribution < -0.4 is 0 Å². The van der Waals surface area contributed by atoms with Crippen molar-refractivity contribution in [1.82, 2.24) is 4.90 Å². The molecule has 1 fully saturated rings. The normalized spacial score (nSPS) is 20.1. The van der Waals surface area contributed by atoms with Gasteiger partial charge in [-0.3, -0.25) is 14.5 Å². The first kappa shape index (κ1) is 12.2. The fraction of sp³-hybridized carbons (Fsp3) is 0.385. The summed E-state index contributed by atoms with van der Waals surface area (Å²) < 4.78 is 0. The van der Waals surface area contributed by atoms with E-state index in [2.05, 4.69) is 6.92 Å². The van der Waals surface area contributed by atoms with Gasteiger partial charge in [-0.15, -0.1) is 11.8 Å². The molecule has 0 N–H and O–H groups in total. The molecule has 1 aromatic rings. The number of carbonyl (C=O) groups excluding carboxylic acids is 2. The van der Waals surface area contributed by atoms with Crippen LogP contribution in [0.2, 0.25) is 0 Å². The van der Waals surface area contributed by atoms with E-state index in [-0.39, 0.29) is 17.7 Å². The van der Waals surface area contributed by atoms with Crippen LogP contribution in [0.4, 0.5) is 0 Å². The van der Waals surface area contributed by atoms with E-state index < -0.39 is 0 Å². The predicted molar refractivity (Wildman–Crippen MR) is 68.0 cm³/mol. The molecule has 1 heterocycles. The minimum absolute atomic E-state index is 0.0907. The van der Waals surface area contributed by atoms with Gasteiger partial charge in [-0.05, 0) is 23.4 Å². The van der Waals surface area contributed by atoms with Crippen LogP contribution in [0.15, 0.2) is 29.2 Å². The third-order valence-electron chi connectivity index (χ3n) is 2.97. The summed E-state index contributed by atoms with van der Waals surface area (Å²) in [5.41, 5.74) is 0.938. The molecule has 0 spiro atoms. The maximum atomic E-state index is 11.8. The van der Waals surface area contributed by atoms with Gasteiger partial charge in [0.1, 0.15) is 0 Å². The minimum Gasteiger partial charge on any atom is -0.285 e. The summed E-state index contributed by atoms with van der Waals surface area (Å²) in [6.07, 6.45) is 0.301. The van der Waals surface area contributed by atoms with Crippen molar-refractivity contribution in [3.8, 4) is 0 Å². The first-order valence-electron chi connectivity index (χ1n) is 5.66. The van der Waals surface area contributed by atoms with E-state index >= 15 is 0 Å². The molecule has 2 rings (SSSR count). The van der Waals surface area contributed by atoms with Crippen molar-refractivity contribution in [1.29, 1.82) is 0 Å². The molecule has 0 unspecified atom stereocenters. The Hall–Kier alpha value is -1.29. The van der Waals surface area contributed by atoms with Gasteiger partial charge in [0.15, 0.2) is 0 Å². The van der Waals surface area contributed by atoms with Gasteiger partial charge >= 0.3 is 0 Å². The molecular weight excluding hydrogens is 234 g/mol. The molecule has 17 heavy (non-hydrogen) atoms. The molecular formula is C13H15NO2S. The van der Waals surface area contributed by atoms with Gasteiger partial charge in [0.05, 0.1) is 5.92 Å². The fourth-order valence-corrected chi connectivity index (χ4v) is 2.64. The molecule has 1 aliphatic heterocycles. The summed E-state index contributed by atoms with van der Waals surface area (Å²) in [7, 11) is 1.55. The predicted octanol–water partition coefficient (Wildman–Crippen LogP) is 2.27. The summed E-state index contributed by atoms with van der Waals surface area (Å²) in [5, 5.41) is 0. The Morgan fingerprint density at radius 3 is 2.41 bits per heavy atom. The van der Waals surface area contributed by atoms with Gasteiger partial charge < -0.3 is 0 Å². The van der Waals surface area contributed by atoms with Crippen LogP contribution in [-0.4, -0.2) is 29.5 Å². The van der Waals surface area contributed by atoms with Crippen molar-refractivity contribution >= 4 is 23.6 Å². The van der Waals surface area contributed by atoms with Crippen molar-refractivity contribution in [2.75, 3.05) is 12.8 Å². The molecule has 0 aliphatic carbocycles. The zero-order chi connectivity index (χ0) is 12.4. The molecule has 1 atom stereocenters. The molecule has 0 aromatic heterocycles. The highest BCUT2D eigenvalue weighted by Crippen LogP contribution is 2.30. The zero-order valence-corrected chi connectivity index (χ0v) is 10.8. The van der Waals surface area contributed by atoms with E-state index in [9.17, 15) is 9.59 Å². The monoisotopic (exact) mass is 249 g/mol. The molecule has 1 saturated heterocycles. The summed E-state index contributed by atoms with van der Waals surface area (Å²) in [5.74, 6) is 0.564. The van der Waals surface area contributed by atoms with Crippen LogP contribution in [0, 0.1) is 0 Å². The lowest BCUT2D eigenvalue weighted by Gasteiger charge is -2.09. The van der Waals surface area contributed by atoms with Crippen LogP contribution in [0.25, 0.3) is 0 Å². The maximum Gasteiger partial charge on any atom is 0.236 e. The van der Waals surface area contributed by atoms with Gasteiger partial charge in [0.25, 0.3) is 0 Å². The zero-order valence-electron chi connectivity index (χ0n) is 9.97. The molecule has 2 amide bonds. The van der Waals surface area contributed by atoms with E-state index in [0.717, 1.165) is 11.3 Å². The van der Waals surface area contributed by atoms with Gasteiger partial charge in [-0.1, -0.05) is 19.1 Å². The van der Waals surface area contributed by atoms with E-state index in [1.165, 1.54) is 9.80 Å². The summed E-state index contributed by atoms with van der Waals surface area (Å²) >= 11 is 1.77. The number of benzene rings is 1. The molecule has 90 valence electrons. The first-order valence-corrected chi connectivity index (χ1v) is 6.65. The number of amides is 2. The Morgan fingerprint density at radius 2 is 1.94 bits per heavy atom. The van der Waals surface area contributed by atoms with Crippen molar-refractivity contribution < 1.29 is 9.59 Å². The third kappa shape index (κ3) is 2.36. The van der Waals surface area contributed by atoms with Gasteiger partial charge in [0.2, 0.25) is 11.8 Å². The summed E-state index contributed by atoms with van der Waals surface area (Å²) in [4.78, 5) is 25.7. The average molecular weight is 249 g/mol. The molecule has 4 heteroatoms. The van der Waals surface area contributed by atoms with Gasteiger partial charge in [-0.25, -0.2) is 0 Å². The van der Waals surface area contributed by atoms with Crippen LogP contribution in [0.5, 0.6) is 0 Å². The van der Waals surface area contributed by atoms with Crippen molar-refractivity contribution in [3.63, 3.8) is 0 Å². The Balaban J connectivity index is 2.18. The molecule has 1 aliphatic rings. The topological polar surface area (TPSA) is 37.4 Å². The highest BCUT2D eigenvalue weighted by molar-refractivity contribution is 7.99. The van der Waals surface area contributed by atoms with Crippen LogP contribution in [-0.2, 0) is 9.59 Å². The molecule has 0 radical (unpaired) electrons. The van der Waals surface area contributed by atoms with E-state index in [0.29, 0.717) is 6.42 Å². The number of likely N-dealkylation sites (N-methyl/N-ethyl adjacent to an activating group) is 1. The Kier molecular flexibility index (Phi) is 3.52. The average Bonchev–Trinajstić information content (AvgIpc) is 2.59. The smallest absolute Gasteiger partial charge is 0.236 e. The summed E-state index contributed by atoms with van der Waals surface area (Å²) in [6, 6.07) is 7.93. The number of hydrogen-bond acceptors (Lipinski definition) is 3. The number of likely N-dealkylation sites (tertiary alicyclic amines) is 1. The maximum absolute atomic E-state index is 11.8. The molecule has 1 aromatic carbocycles. The van der Waals surface area contributed by atoms with Crippen LogP contribution in [0.1, 0.15) is 24.8 Å². The standard InChI is InChI=1S/C13H15NO2S/c1-3-17-10-6-4-9(5-7-10)11-8-12(15)14(2)13(11)16/h4-7,11H,3,8H2,1-2H3/t11-/m1/s1. The second kappa shape index (κ2) is 4.92.